The zero-order chi connectivity index (χ0) is 8.55. The maximum absolute atomic E-state index is 8.95. The van der Waals surface area contributed by atoms with E-state index in [1.54, 1.807) is 0 Å². The number of benzene rings is 1. The van der Waals surface area contributed by atoms with Gasteiger partial charge in [0.2, 0.25) is 0 Å². The fourth-order valence-corrected chi connectivity index (χ4v) is 2.16. The van der Waals surface area contributed by atoms with E-state index < -0.39 is 0 Å². The Balaban J connectivity index is 2.56. The predicted octanol–water partition coefficient (Wildman–Crippen LogP) is 2.51. The van der Waals surface area contributed by atoms with Crippen molar-refractivity contribution >= 4 is 22.0 Å². The summed E-state index contributed by atoms with van der Waals surface area (Å²) in [4.78, 5) is 0. The summed E-state index contributed by atoms with van der Waals surface area (Å²) in [6.45, 7) is 0.111. The van der Waals surface area contributed by atoms with Crippen LogP contribution in [0.2, 0.25) is 0 Å². The number of halogens is 1. The average molecular weight is 225 g/mol. The minimum atomic E-state index is 0.111. The average Bonchev–Trinajstić information content (AvgIpc) is 2.52. The molecule has 0 bridgehead atoms. The van der Waals surface area contributed by atoms with Crippen molar-refractivity contribution < 1.29 is 5.11 Å². The third kappa shape index (κ3) is 1.21. The van der Waals surface area contributed by atoms with E-state index in [4.69, 9.17) is 5.11 Å². The van der Waals surface area contributed by atoms with Crippen LogP contribution in [0.3, 0.4) is 0 Å². The van der Waals surface area contributed by atoms with Gasteiger partial charge in [-0.05, 0) is 35.2 Å². The van der Waals surface area contributed by atoms with Crippen LogP contribution in [0.15, 0.2) is 22.7 Å². The lowest BCUT2D eigenvalue weighted by Gasteiger charge is -2.04. The Labute approximate surface area is 79.9 Å². The zero-order valence-electron chi connectivity index (χ0n) is 6.55. The minimum absolute atomic E-state index is 0.111. The summed E-state index contributed by atoms with van der Waals surface area (Å²) in [7, 11) is 0. The van der Waals surface area contributed by atoms with Gasteiger partial charge >= 0.3 is 0 Å². The summed E-state index contributed by atoms with van der Waals surface area (Å²) in [6, 6.07) is 4.01. The normalized spacial score (nSPS) is 13.5. The lowest BCUT2D eigenvalue weighted by molar-refractivity contribution is 0.281. The van der Waals surface area contributed by atoms with Crippen LogP contribution in [0.1, 0.15) is 16.7 Å². The number of fused-ring (bicyclic) bond motifs is 1. The van der Waals surface area contributed by atoms with E-state index in [0.717, 1.165) is 16.5 Å². The second-order valence-corrected chi connectivity index (χ2v) is 3.76. The molecule has 62 valence electrons. The Bertz CT molecular complexity index is 342. The Hall–Kier alpha value is -0.600. The maximum Gasteiger partial charge on any atom is 0.0682 e. The molecular weight excluding hydrogens is 216 g/mol. The molecule has 0 heterocycles. The third-order valence-electron chi connectivity index (χ3n) is 2.09. The molecule has 0 fully saturated rings. The molecule has 2 heteroatoms. The monoisotopic (exact) mass is 224 g/mol. The van der Waals surface area contributed by atoms with Crippen molar-refractivity contribution in [3.8, 4) is 0 Å². The zero-order valence-corrected chi connectivity index (χ0v) is 8.13. The second kappa shape index (κ2) is 3.04. The Morgan fingerprint density at radius 1 is 1.42 bits per heavy atom. The maximum atomic E-state index is 8.95. The van der Waals surface area contributed by atoms with Gasteiger partial charge in [-0.3, -0.25) is 0 Å². The van der Waals surface area contributed by atoms with Gasteiger partial charge in [0.05, 0.1) is 6.61 Å². The highest BCUT2D eigenvalue weighted by atomic mass is 79.9. The fraction of sp³-hybridized carbons (Fsp3) is 0.200. The van der Waals surface area contributed by atoms with E-state index in [1.165, 1.54) is 11.1 Å². The van der Waals surface area contributed by atoms with Crippen LogP contribution in [0.4, 0.5) is 0 Å². The van der Waals surface area contributed by atoms with Crippen molar-refractivity contribution in [3.63, 3.8) is 0 Å². The molecule has 0 saturated heterocycles. The van der Waals surface area contributed by atoms with Gasteiger partial charge in [0.15, 0.2) is 0 Å². The SMILES string of the molecule is OCc1cc(Br)c2c(c1)C=CC2. The van der Waals surface area contributed by atoms with Gasteiger partial charge in [0, 0.05) is 4.47 Å². The molecule has 1 aromatic carbocycles. The molecule has 0 radical (unpaired) electrons. The molecule has 0 aromatic heterocycles. The molecule has 0 atom stereocenters. The van der Waals surface area contributed by atoms with Crippen LogP contribution in [0, 0.1) is 0 Å². The van der Waals surface area contributed by atoms with Crippen LogP contribution in [-0.4, -0.2) is 5.11 Å². The number of hydrogen-bond donors (Lipinski definition) is 1. The van der Waals surface area contributed by atoms with Crippen molar-refractivity contribution in [2.75, 3.05) is 0 Å². The molecule has 2 rings (SSSR count). The molecule has 1 aromatic rings. The largest absolute Gasteiger partial charge is 0.392 e. The van der Waals surface area contributed by atoms with Crippen molar-refractivity contribution in [1.29, 1.82) is 0 Å². The molecule has 12 heavy (non-hydrogen) atoms. The summed E-state index contributed by atoms with van der Waals surface area (Å²) in [5.41, 5.74) is 3.52. The van der Waals surface area contributed by atoms with Gasteiger partial charge in [-0.2, -0.15) is 0 Å². The molecule has 1 aliphatic carbocycles. The van der Waals surface area contributed by atoms with Gasteiger partial charge in [-0.25, -0.2) is 0 Å². The van der Waals surface area contributed by atoms with E-state index in [-0.39, 0.29) is 6.61 Å². The molecule has 0 amide bonds. The Morgan fingerprint density at radius 3 is 3.00 bits per heavy atom. The number of aliphatic hydroxyl groups is 1. The topological polar surface area (TPSA) is 20.2 Å². The standard InChI is InChI=1S/C10H9BrO/c11-10-5-7(6-12)4-8-2-1-3-9(8)10/h1-2,4-5,12H,3,6H2. The van der Waals surface area contributed by atoms with Crippen LogP contribution >= 0.6 is 15.9 Å². The van der Waals surface area contributed by atoms with Crippen molar-refractivity contribution in [2.24, 2.45) is 0 Å². The van der Waals surface area contributed by atoms with Crippen molar-refractivity contribution in [3.05, 3.63) is 39.4 Å². The number of allylic oxidation sites excluding steroid dienone is 1. The van der Waals surface area contributed by atoms with E-state index in [2.05, 4.69) is 28.1 Å². The molecule has 0 spiro atoms. The van der Waals surface area contributed by atoms with Crippen molar-refractivity contribution in [1.82, 2.24) is 0 Å². The van der Waals surface area contributed by atoms with Gasteiger partial charge in [-0.15, -0.1) is 0 Å². The summed E-state index contributed by atoms with van der Waals surface area (Å²) < 4.78 is 1.11. The smallest absolute Gasteiger partial charge is 0.0682 e. The molecule has 0 saturated carbocycles. The summed E-state index contributed by atoms with van der Waals surface area (Å²) >= 11 is 3.49. The number of rotatable bonds is 1. The molecule has 0 aliphatic heterocycles. The quantitative estimate of drug-likeness (QED) is 0.778. The van der Waals surface area contributed by atoms with E-state index in [1.807, 2.05) is 12.1 Å². The Kier molecular flexibility index (Phi) is 2.03. The second-order valence-electron chi connectivity index (χ2n) is 2.91. The lowest BCUT2D eigenvalue weighted by atomic mass is 10.1. The molecule has 1 N–H and O–H groups in total. The van der Waals surface area contributed by atoms with Crippen LogP contribution in [-0.2, 0) is 13.0 Å². The highest BCUT2D eigenvalue weighted by Gasteiger charge is 2.09. The highest BCUT2D eigenvalue weighted by Crippen LogP contribution is 2.28. The first kappa shape index (κ1) is 8.02. The van der Waals surface area contributed by atoms with Gasteiger partial charge in [0.25, 0.3) is 0 Å². The molecular formula is C10H9BrO. The number of hydrogen-bond acceptors (Lipinski definition) is 1. The first-order chi connectivity index (χ1) is 5.81. The van der Waals surface area contributed by atoms with Crippen LogP contribution in [0.5, 0.6) is 0 Å². The lowest BCUT2D eigenvalue weighted by Crippen LogP contribution is -1.89. The first-order valence-electron chi connectivity index (χ1n) is 3.90. The minimum Gasteiger partial charge on any atom is -0.392 e. The summed E-state index contributed by atoms with van der Waals surface area (Å²) in [5.74, 6) is 0. The van der Waals surface area contributed by atoms with Crippen molar-refractivity contribution in [2.45, 2.75) is 13.0 Å². The summed E-state index contributed by atoms with van der Waals surface area (Å²) in [6.07, 6.45) is 5.23. The fourth-order valence-electron chi connectivity index (χ4n) is 1.48. The summed E-state index contributed by atoms with van der Waals surface area (Å²) in [5, 5.41) is 8.95. The van der Waals surface area contributed by atoms with E-state index in [9.17, 15) is 0 Å². The van der Waals surface area contributed by atoms with Gasteiger partial charge in [0.1, 0.15) is 0 Å². The molecule has 1 aliphatic rings. The molecule has 1 nitrogen and oxygen atoms in total. The van der Waals surface area contributed by atoms with E-state index in [0.29, 0.717) is 0 Å². The van der Waals surface area contributed by atoms with Gasteiger partial charge < -0.3 is 5.11 Å². The van der Waals surface area contributed by atoms with Gasteiger partial charge in [-0.1, -0.05) is 28.1 Å². The third-order valence-corrected chi connectivity index (χ3v) is 2.80. The highest BCUT2D eigenvalue weighted by molar-refractivity contribution is 9.10. The predicted molar refractivity (Wildman–Crippen MR) is 52.8 cm³/mol. The van der Waals surface area contributed by atoms with E-state index >= 15 is 0 Å². The van der Waals surface area contributed by atoms with Crippen LogP contribution in [0.25, 0.3) is 6.08 Å². The van der Waals surface area contributed by atoms with Crippen LogP contribution < -0.4 is 0 Å². The Morgan fingerprint density at radius 2 is 2.25 bits per heavy atom. The first-order valence-corrected chi connectivity index (χ1v) is 4.69. The number of aliphatic hydroxyl groups excluding tert-OH is 1. The molecule has 0 unspecified atom stereocenters.